The highest BCUT2D eigenvalue weighted by atomic mass is 16.2. The Morgan fingerprint density at radius 3 is 2.88 bits per heavy atom. The maximum atomic E-state index is 12.7. The maximum absolute atomic E-state index is 12.7. The van der Waals surface area contributed by atoms with E-state index in [1.807, 2.05) is 30.5 Å². The van der Waals surface area contributed by atoms with E-state index in [0.29, 0.717) is 12.5 Å². The fraction of sp³-hybridized carbons (Fsp3) is 0.300. The lowest BCUT2D eigenvalue weighted by molar-refractivity contribution is -0.117. The fourth-order valence-corrected chi connectivity index (χ4v) is 3.50. The number of hydrogen-bond acceptors (Lipinski definition) is 4. The van der Waals surface area contributed by atoms with Crippen molar-refractivity contribution in [2.75, 3.05) is 5.32 Å². The number of hydrazine groups is 1. The van der Waals surface area contributed by atoms with Gasteiger partial charge in [-0.05, 0) is 50.1 Å². The van der Waals surface area contributed by atoms with E-state index in [4.69, 9.17) is 0 Å². The summed E-state index contributed by atoms with van der Waals surface area (Å²) in [6.07, 6.45) is 6.33. The Kier molecular flexibility index (Phi) is 4.44. The molecule has 1 aliphatic heterocycles. The van der Waals surface area contributed by atoms with Crippen molar-refractivity contribution in [3.05, 3.63) is 60.6 Å². The third-order valence-corrected chi connectivity index (χ3v) is 4.88. The Balaban J connectivity index is 1.50. The molecular formula is C20H23N5O. The first-order valence-corrected chi connectivity index (χ1v) is 8.95. The predicted molar refractivity (Wildman–Crippen MR) is 103 cm³/mol. The summed E-state index contributed by atoms with van der Waals surface area (Å²) < 4.78 is 2.21. The molecule has 6 nitrogen and oxygen atoms in total. The second-order valence-corrected chi connectivity index (χ2v) is 6.96. The molecular weight excluding hydrogens is 326 g/mol. The molecule has 3 aromatic rings. The zero-order valence-electron chi connectivity index (χ0n) is 14.9. The number of carbonyl (C=O) groups is 1. The van der Waals surface area contributed by atoms with Crippen LogP contribution in [0.3, 0.4) is 0 Å². The summed E-state index contributed by atoms with van der Waals surface area (Å²) >= 11 is 0. The SMILES string of the molecule is CC(C)n1ccc2c(NC(=O)C3CC(c4cccnc4)NN3)cccc21. The number of fused-ring (bicyclic) bond motifs is 1. The molecule has 0 bridgehead atoms. The molecule has 6 heteroatoms. The standard InChI is InChI=1S/C20H23N5O/c1-13(2)25-10-8-15-16(6-3-7-19(15)25)22-20(26)18-11-17(23-24-18)14-5-4-9-21-12-14/h3-10,12-13,17-18,23-24H,11H2,1-2H3,(H,22,26). The molecule has 0 aliphatic carbocycles. The lowest BCUT2D eigenvalue weighted by atomic mass is 10.0. The Hall–Kier alpha value is -2.70. The smallest absolute Gasteiger partial charge is 0.242 e. The van der Waals surface area contributed by atoms with Crippen LogP contribution >= 0.6 is 0 Å². The Bertz CT molecular complexity index is 918. The van der Waals surface area contributed by atoms with Gasteiger partial charge in [0.25, 0.3) is 0 Å². The third-order valence-electron chi connectivity index (χ3n) is 4.88. The van der Waals surface area contributed by atoms with Crippen molar-refractivity contribution in [3.8, 4) is 0 Å². The number of rotatable bonds is 4. The van der Waals surface area contributed by atoms with Crippen molar-refractivity contribution in [1.82, 2.24) is 20.4 Å². The molecule has 2 atom stereocenters. The lowest BCUT2D eigenvalue weighted by Gasteiger charge is -2.13. The highest BCUT2D eigenvalue weighted by Gasteiger charge is 2.30. The van der Waals surface area contributed by atoms with Gasteiger partial charge >= 0.3 is 0 Å². The maximum Gasteiger partial charge on any atom is 0.242 e. The van der Waals surface area contributed by atoms with Gasteiger partial charge in [0, 0.05) is 36.1 Å². The van der Waals surface area contributed by atoms with Crippen molar-refractivity contribution in [1.29, 1.82) is 0 Å². The lowest BCUT2D eigenvalue weighted by Crippen LogP contribution is -2.39. The van der Waals surface area contributed by atoms with Crippen LogP contribution < -0.4 is 16.2 Å². The summed E-state index contributed by atoms with van der Waals surface area (Å²) in [7, 11) is 0. The molecule has 2 aromatic heterocycles. The van der Waals surface area contributed by atoms with Crippen molar-refractivity contribution >= 4 is 22.5 Å². The molecule has 3 heterocycles. The van der Waals surface area contributed by atoms with Crippen molar-refractivity contribution in [2.45, 2.75) is 38.4 Å². The van der Waals surface area contributed by atoms with E-state index in [0.717, 1.165) is 22.2 Å². The van der Waals surface area contributed by atoms with E-state index < -0.39 is 0 Å². The van der Waals surface area contributed by atoms with Gasteiger partial charge in [0.05, 0.1) is 11.2 Å². The monoisotopic (exact) mass is 349 g/mol. The van der Waals surface area contributed by atoms with Crippen LogP contribution in [0, 0.1) is 0 Å². The van der Waals surface area contributed by atoms with Gasteiger partial charge in [-0.25, -0.2) is 10.9 Å². The van der Waals surface area contributed by atoms with E-state index in [1.54, 1.807) is 6.20 Å². The van der Waals surface area contributed by atoms with E-state index in [9.17, 15) is 4.79 Å². The van der Waals surface area contributed by atoms with Gasteiger partial charge in [-0.1, -0.05) is 12.1 Å². The van der Waals surface area contributed by atoms with E-state index in [1.165, 1.54) is 0 Å². The Labute approximate surface area is 152 Å². The largest absolute Gasteiger partial charge is 0.345 e. The van der Waals surface area contributed by atoms with E-state index in [2.05, 4.69) is 57.9 Å². The minimum Gasteiger partial charge on any atom is -0.345 e. The van der Waals surface area contributed by atoms with Crippen LogP contribution in [0.15, 0.2) is 55.0 Å². The van der Waals surface area contributed by atoms with Crippen LogP contribution in [0.25, 0.3) is 10.9 Å². The van der Waals surface area contributed by atoms with E-state index in [-0.39, 0.29) is 18.0 Å². The van der Waals surface area contributed by atoms with Crippen LogP contribution in [0.4, 0.5) is 5.69 Å². The molecule has 1 saturated heterocycles. The summed E-state index contributed by atoms with van der Waals surface area (Å²) in [5.74, 6) is -0.0336. The molecule has 1 aliphatic rings. The molecule has 1 aromatic carbocycles. The Morgan fingerprint density at radius 1 is 1.23 bits per heavy atom. The zero-order chi connectivity index (χ0) is 18.1. The molecule has 134 valence electrons. The number of carbonyl (C=O) groups excluding carboxylic acids is 1. The van der Waals surface area contributed by atoms with Crippen LogP contribution in [0.1, 0.15) is 37.9 Å². The topological polar surface area (TPSA) is 71.0 Å². The molecule has 4 rings (SSSR count). The molecule has 1 fully saturated rings. The van der Waals surface area contributed by atoms with Gasteiger partial charge in [-0.2, -0.15) is 0 Å². The van der Waals surface area contributed by atoms with Crippen molar-refractivity contribution in [3.63, 3.8) is 0 Å². The summed E-state index contributed by atoms with van der Waals surface area (Å²) in [6, 6.07) is 12.2. The first-order chi connectivity index (χ1) is 12.6. The predicted octanol–water partition coefficient (Wildman–Crippen LogP) is 3.16. The normalized spacial score (nSPS) is 20.0. The van der Waals surface area contributed by atoms with Crippen molar-refractivity contribution < 1.29 is 4.79 Å². The number of aromatic nitrogens is 2. The van der Waals surface area contributed by atoms with Crippen LogP contribution in [-0.4, -0.2) is 21.5 Å². The average molecular weight is 349 g/mol. The minimum absolute atomic E-state index is 0.0336. The summed E-state index contributed by atoms with van der Waals surface area (Å²) in [4.78, 5) is 16.9. The molecule has 0 radical (unpaired) electrons. The summed E-state index contributed by atoms with van der Waals surface area (Å²) in [6.45, 7) is 4.30. The molecule has 0 saturated carbocycles. The number of nitrogens with one attached hydrogen (secondary N) is 3. The molecule has 0 spiro atoms. The van der Waals surface area contributed by atoms with E-state index >= 15 is 0 Å². The molecule has 1 amide bonds. The number of hydrogen-bond donors (Lipinski definition) is 3. The second kappa shape index (κ2) is 6.90. The molecule has 3 N–H and O–H groups in total. The quantitative estimate of drug-likeness (QED) is 0.677. The van der Waals surface area contributed by atoms with Gasteiger partial charge in [-0.15, -0.1) is 0 Å². The number of anilines is 1. The molecule has 2 unspecified atom stereocenters. The van der Waals surface area contributed by atoms with Gasteiger partial charge in [0.1, 0.15) is 6.04 Å². The van der Waals surface area contributed by atoms with Gasteiger partial charge < -0.3 is 9.88 Å². The van der Waals surface area contributed by atoms with Gasteiger partial charge in [0.15, 0.2) is 0 Å². The first kappa shape index (κ1) is 16.8. The number of benzene rings is 1. The van der Waals surface area contributed by atoms with Gasteiger partial charge in [-0.3, -0.25) is 9.78 Å². The highest BCUT2D eigenvalue weighted by molar-refractivity contribution is 6.03. The highest BCUT2D eigenvalue weighted by Crippen LogP contribution is 2.28. The molecule has 26 heavy (non-hydrogen) atoms. The van der Waals surface area contributed by atoms with Crippen molar-refractivity contribution in [2.24, 2.45) is 0 Å². The summed E-state index contributed by atoms with van der Waals surface area (Å²) in [5, 5.41) is 4.14. The summed E-state index contributed by atoms with van der Waals surface area (Å²) in [5.41, 5.74) is 9.34. The second-order valence-electron chi connectivity index (χ2n) is 6.96. The average Bonchev–Trinajstić information content (AvgIpc) is 3.30. The number of amides is 1. The first-order valence-electron chi connectivity index (χ1n) is 8.95. The number of nitrogens with zero attached hydrogens (tertiary/aromatic N) is 2. The van der Waals surface area contributed by atoms with Gasteiger partial charge in [0.2, 0.25) is 5.91 Å². The zero-order valence-corrected chi connectivity index (χ0v) is 14.9. The third kappa shape index (κ3) is 3.09. The minimum atomic E-state index is -0.289. The fourth-order valence-electron chi connectivity index (χ4n) is 3.50. The van der Waals surface area contributed by atoms with Crippen LogP contribution in [0.5, 0.6) is 0 Å². The van der Waals surface area contributed by atoms with Crippen LogP contribution in [-0.2, 0) is 4.79 Å². The van der Waals surface area contributed by atoms with Crippen LogP contribution in [0.2, 0.25) is 0 Å². The Morgan fingerprint density at radius 2 is 2.12 bits per heavy atom. The number of pyridine rings is 1.